The van der Waals surface area contributed by atoms with Crippen LogP contribution in [-0.4, -0.2) is 78.2 Å². The number of hydrogen-bond donors (Lipinski definition) is 2. The van der Waals surface area contributed by atoms with E-state index in [4.69, 9.17) is 4.74 Å². The summed E-state index contributed by atoms with van der Waals surface area (Å²) in [4.78, 5) is 15.7. The van der Waals surface area contributed by atoms with Crippen molar-refractivity contribution in [3.8, 4) is 0 Å². The van der Waals surface area contributed by atoms with Crippen LogP contribution < -0.4 is 10.3 Å². The first-order chi connectivity index (χ1) is 18.6. The van der Waals surface area contributed by atoms with Gasteiger partial charge in [-0.15, -0.1) is 0 Å². The lowest BCUT2D eigenvalue weighted by molar-refractivity contribution is -0.114. The molecule has 38 heavy (non-hydrogen) atoms. The molecule has 1 atom stereocenters. The van der Waals surface area contributed by atoms with E-state index in [-0.39, 0.29) is 5.91 Å². The number of fused-ring (bicyclic) bond motifs is 1. The van der Waals surface area contributed by atoms with E-state index in [0.717, 1.165) is 74.4 Å². The molecule has 8 heteroatoms. The molecule has 3 heterocycles. The van der Waals surface area contributed by atoms with Crippen LogP contribution in [0.1, 0.15) is 25.3 Å². The molecule has 0 bridgehead atoms. The number of aliphatic hydroxyl groups excluding tert-OH is 1. The second-order valence-corrected chi connectivity index (χ2v) is 9.97. The Kier molecular flexibility index (Phi) is 8.65. The van der Waals surface area contributed by atoms with Crippen molar-refractivity contribution in [2.75, 3.05) is 50.9 Å². The average Bonchev–Trinajstić information content (AvgIpc) is 3.43. The lowest BCUT2D eigenvalue weighted by Crippen LogP contribution is -2.37. The molecule has 200 valence electrons. The van der Waals surface area contributed by atoms with Crippen molar-refractivity contribution in [1.82, 2.24) is 14.8 Å². The fraction of sp³-hybridized carbons (Fsp3) is 0.400. The lowest BCUT2D eigenvalue weighted by Gasteiger charge is -2.26. The van der Waals surface area contributed by atoms with Gasteiger partial charge in [-0.2, -0.15) is 10.1 Å². The minimum absolute atomic E-state index is 0.136. The molecular weight excluding hydrogens is 478 g/mol. The van der Waals surface area contributed by atoms with Gasteiger partial charge < -0.3 is 19.7 Å². The summed E-state index contributed by atoms with van der Waals surface area (Å²) in [6.07, 6.45) is 5.66. The number of nitrogens with zero attached hydrogens (tertiary/aromatic N) is 4. The van der Waals surface area contributed by atoms with Crippen molar-refractivity contribution in [3.63, 3.8) is 0 Å². The highest BCUT2D eigenvalue weighted by Gasteiger charge is 2.29. The highest BCUT2D eigenvalue weighted by molar-refractivity contribution is 6.32. The summed E-state index contributed by atoms with van der Waals surface area (Å²) in [5.74, 6) is -0.136. The molecule has 0 radical (unpaired) electrons. The monoisotopic (exact) mass is 515 g/mol. The molecule has 1 unspecified atom stereocenters. The maximum Gasteiger partial charge on any atom is 0.280 e. The molecule has 1 saturated heterocycles. The van der Waals surface area contributed by atoms with Gasteiger partial charge in [0.15, 0.2) is 0 Å². The number of hydrazone groups is 1. The van der Waals surface area contributed by atoms with Gasteiger partial charge in [0.25, 0.3) is 5.91 Å². The zero-order valence-electron chi connectivity index (χ0n) is 22.1. The molecule has 0 aliphatic carbocycles. The first kappa shape index (κ1) is 26.3. The number of morpholine rings is 1. The summed E-state index contributed by atoms with van der Waals surface area (Å²) < 4.78 is 7.48. The van der Waals surface area contributed by atoms with E-state index < -0.39 is 6.10 Å². The smallest absolute Gasteiger partial charge is 0.280 e. The molecule has 0 spiro atoms. The Bertz CT molecular complexity index is 1290. The summed E-state index contributed by atoms with van der Waals surface area (Å²) in [6, 6.07) is 17.6. The largest absolute Gasteiger partial charge is 0.390 e. The number of rotatable bonds is 11. The molecule has 1 fully saturated rings. The number of unbranched alkanes of at least 4 members (excludes halogenated alkanes) is 1. The number of nitrogens with one attached hydrogen (secondary N) is 1. The molecule has 3 aromatic rings. The maximum atomic E-state index is 13.2. The van der Waals surface area contributed by atoms with Crippen molar-refractivity contribution in [2.24, 2.45) is 5.10 Å². The second kappa shape index (κ2) is 12.5. The van der Waals surface area contributed by atoms with Crippen LogP contribution in [0.3, 0.4) is 0 Å². The fourth-order valence-corrected chi connectivity index (χ4v) is 5.10. The summed E-state index contributed by atoms with van der Waals surface area (Å²) >= 11 is 0. The van der Waals surface area contributed by atoms with Crippen LogP contribution in [0.4, 0.5) is 5.69 Å². The van der Waals surface area contributed by atoms with E-state index in [1.807, 2.05) is 61.7 Å². The minimum atomic E-state index is -0.518. The normalized spacial score (nSPS) is 18.5. The summed E-state index contributed by atoms with van der Waals surface area (Å²) in [7, 11) is 0. The van der Waals surface area contributed by atoms with Crippen LogP contribution in [0.2, 0.25) is 0 Å². The number of anilines is 1. The zero-order valence-corrected chi connectivity index (χ0v) is 22.1. The molecule has 2 aliphatic rings. The van der Waals surface area contributed by atoms with Gasteiger partial charge >= 0.3 is 0 Å². The Morgan fingerprint density at radius 1 is 1.08 bits per heavy atom. The van der Waals surface area contributed by atoms with Gasteiger partial charge in [0.2, 0.25) is 0 Å². The number of aromatic nitrogens is 1. The Hall–Kier alpha value is -3.30. The predicted octanol–water partition coefficient (Wildman–Crippen LogP) is 3.51. The van der Waals surface area contributed by atoms with Gasteiger partial charge in [0.1, 0.15) is 0 Å². The Balaban J connectivity index is 1.20. The van der Waals surface area contributed by atoms with Crippen molar-refractivity contribution >= 4 is 34.3 Å². The van der Waals surface area contributed by atoms with Crippen LogP contribution in [-0.2, 0) is 16.1 Å². The first-order valence-electron chi connectivity index (χ1n) is 13.5. The molecule has 2 N–H and O–H groups in total. The number of amides is 1. The van der Waals surface area contributed by atoms with Crippen LogP contribution in [0.5, 0.6) is 0 Å². The highest BCUT2D eigenvalue weighted by Crippen LogP contribution is 2.28. The molecule has 0 saturated carbocycles. The van der Waals surface area contributed by atoms with Gasteiger partial charge in [-0.1, -0.05) is 36.4 Å². The van der Waals surface area contributed by atoms with E-state index in [9.17, 15) is 9.90 Å². The number of ether oxygens (including phenoxy) is 1. The third kappa shape index (κ3) is 6.22. The van der Waals surface area contributed by atoms with Crippen LogP contribution in [0.25, 0.3) is 17.0 Å². The van der Waals surface area contributed by atoms with Gasteiger partial charge in [-0.25, -0.2) is 0 Å². The van der Waals surface area contributed by atoms with Crippen molar-refractivity contribution in [3.05, 3.63) is 71.9 Å². The van der Waals surface area contributed by atoms with E-state index in [1.54, 1.807) is 0 Å². The number of carbonyl (C=O) groups is 1. The summed E-state index contributed by atoms with van der Waals surface area (Å²) in [5, 5.41) is 21.2. The molecule has 1 aromatic heterocycles. The topological polar surface area (TPSA) is 82.3 Å². The Morgan fingerprint density at radius 2 is 1.84 bits per heavy atom. The predicted molar refractivity (Wildman–Crippen MR) is 152 cm³/mol. The van der Waals surface area contributed by atoms with E-state index in [0.29, 0.717) is 24.4 Å². The minimum Gasteiger partial charge on any atom is -0.390 e. The Labute approximate surface area is 224 Å². The molecule has 8 nitrogen and oxygen atoms in total. The molecule has 2 aliphatic heterocycles. The number of para-hydroxylation sites is 2. The zero-order chi connectivity index (χ0) is 26.3. The fourth-order valence-electron chi connectivity index (χ4n) is 5.10. The van der Waals surface area contributed by atoms with Crippen LogP contribution in [0.15, 0.2) is 71.5 Å². The van der Waals surface area contributed by atoms with Crippen molar-refractivity contribution in [2.45, 2.75) is 32.4 Å². The SMILES string of the molecule is CC1=NN(c2ccccc2)C(=O)/C1=C/c1cn(CC(O)CNCCCCN2CCOCC2)c2ccccc12. The van der Waals surface area contributed by atoms with Crippen LogP contribution >= 0.6 is 0 Å². The molecular formula is C30H37N5O3. The van der Waals surface area contributed by atoms with Gasteiger partial charge in [0, 0.05) is 48.8 Å². The van der Waals surface area contributed by atoms with Crippen molar-refractivity contribution < 1.29 is 14.6 Å². The van der Waals surface area contributed by atoms with E-state index in [2.05, 4.69) is 32.0 Å². The van der Waals surface area contributed by atoms with Gasteiger partial charge in [-0.3, -0.25) is 9.69 Å². The quantitative estimate of drug-likeness (QED) is 0.302. The summed E-state index contributed by atoms with van der Waals surface area (Å²) in [5.41, 5.74) is 3.99. The number of hydrogen-bond acceptors (Lipinski definition) is 6. The first-order valence-corrected chi connectivity index (χ1v) is 13.5. The molecule has 5 rings (SSSR count). The average molecular weight is 516 g/mol. The standard InChI is InChI=1S/C30H37N5O3/c1-23-28(30(37)35(32-23)25-9-3-2-4-10-25)19-24-21-34(29-12-6-5-11-27(24)29)22-26(36)20-31-13-7-8-14-33-15-17-38-18-16-33/h2-6,9-12,19,21,26,31,36H,7-8,13-18,20,22H2,1H3/b28-19+. The Morgan fingerprint density at radius 3 is 2.66 bits per heavy atom. The molecule has 1 amide bonds. The van der Waals surface area contributed by atoms with Crippen molar-refractivity contribution in [1.29, 1.82) is 0 Å². The number of carbonyl (C=O) groups excluding carboxylic acids is 1. The van der Waals surface area contributed by atoms with Gasteiger partial charge in [0.05, 0.1) is 36.3 Å². The third-order valence-electron chi connectivity index (χ3n) is 7.15. The summed E-state index contributed by atoms with van der Waals surface area (Å²) in [6.45, 7) is 8.62. The van der Waals surface area contributed by atoms with Crippen LogP contribution in [0, 0.1) is 0 Å². The second-order valence-electron chi connectivity index (χ2n) is 9.97. The maximum absolute atomic E-state index is 13.2. The van der Waals surface area contributed by atoms with E-state index in [1.165, 1.54) is 5.01 Å². The van der Waals surface area contributed by atoms with E-state index >= 15 is 0 Å². The van der Waals surface area contributed by atoms with Gasteiger partial charge in [-0.05, 0) is 57.1 Å². The lowest BCUT2D eigenvalue weighted by atomic mass is 10.1. The highest BCUT2D eigenvalue weighted by atomic mass is 16.5. The third-order valence-corrected chi connectivity index (χ3v) is 7.15. The molecule has 2 aromatic carbocycles. The number of benzene rings is 2. The number of aliphatic hydroxyl groups is 1.